The van der Waals surface area contributed by atoms with Crippen LogP contribution in [0.2, 0.25) is 0 Å². The van der Waals surface area contributed by atoms with Crippen molar-refractivity contribution in [2.75, 3.05) is 0 Å². The molecule has 4 nitrogen and oxygen atoms in total. The van der Waals surface area contributed by atoms with Gasteiger partial charge in [-0.05, 0) is 78.4 Å². The van der Waals surface area contributed by atoms with E-state index in [0.717, 1.165) is 39.1 Å². The van der Waals surface area contributed by atoms with E-state index in [1.807, 2.05) is 78.9 Å². The quantitative estimate of drug-likeness (QED) is 0.187. The summed E-state index contributed by atoms with van der Waals surface area (Å²) < 4.78 is 45.2. The fourth-order valence-electron chi connectivity index (χ4n) is 5.42. The Labute approximate surface area is 249 Å². The van der Waals surface area contributed by atoms with Crippen molar-refractivity contribution in [3.8, 4) is 11.1 Å². The molecule has 0 spiro atoms. The van der Waals surface area contributed by atoms with Gasteiger partial charge in [-0.3, -0.25) is 9.69 Å². The predicted molar refractivity (Wildman–Crippen MR) is 162 cm³/mol. The van der Waals surface area contributed by atoms with Crippen molar-refractivity contribution < 1.29 is 27.5 Å². The van der Waals surface area contributed by atoms with Gasteiger partial charge in [0.25, 0.3) is 0 Å². The van der Waals surface area contributed by atoms with Crippen LogP contribution >= 0.6 is 0 Å². The fraction of sp³-hybridized carbons (Fsp3) is 0.250. The lowest BCUT2D eigenvalue weighted by molar-refractivity contribution is -0.153. The lowest BCUT2D eigenvalue weighted by Gasteiger charge is -2.39. The Kier molecular flexibility index (Phi) is 7.97. The van der Waals surface area contributed by atoms with Crippen LogP contribution in [-0.4, -0.2) is 16.0 Å². The number of furan rings is 1. The van der Waals surface area contributed by atoms with E-state index < -0.39 is 28.9 Å². The molecule has 4 aromatic carbocycles. The molecule has 222 valence electrons. The van der Waals surface area contributed by atoms with Gasteiger partial charge in [0, 0.05) is 12.1 Å². The van der Waals surface area contributed by atoms with Crippen molar-refractivity contribution in [3.05, 3.63) is 131 Å². The number of aliphatic carboxylic acids is 1. The number of halogens is 3. The number of benzene rings is 4. The zero-order chi connectivity index (χ0) is 31.0. The van der Waals surface area contributed by atoms with Crippen LogP contribution in [0.1, 0.15) is 55.9 Å². The van der Waals surface area contributed by atoms with E-state index in [1.54, 1.807) is 13.8 Å². The van der Waals surface area contributed by atoms with Crippen LogP contribution in [-0.2, 0) is 35.0 Å². The Balaban J connectivity index is 1.48. The molecule has 1 aromatic heterocycles. The summed E-state index contributed by atoms with van der Waals surface area (Å²) in [4.78, 5) is 13.9. The van der Waals surface area contributed by atoms with Crippen LogP contribution < -0.4 is 0 Å². The van der Waals surface area contributed by atoms with Crippen LogP contribution in [0.15, 0.2) is 108 Å². The van der Waals surface area contributed by atoms with Gasteiger partial charge in [0.15, 0.2) is 0 Å². The van der Waals surface area contributed by atoms with Crippen molar-refractivity contribution in [2.45, 2.75) is 57.9 Å². The number of rotatable bonds is 9. The highest BCUT2D eigenvalue weighted by molar-refractivity contribution is 5.86. The molecule has 0 bridgehead atoms. The van der Waals surface area contributed by atoms with Gasteiger partial charge in [-0.1, -0.05) is 91.0 Å². The highest BCUT2D eigenvalue weighted by Crippen LogP contribution is 2.37. The molecule has 0 radical (unpaired) electrons. The molecule has 0 saturated heterocycles. The van der Waals surface area contributed by atoms with Crippen molar-refractivity contribution >= 4 is 16.7 Å². The molecule has 0 aliphatic rings. The van der Waals surface area contributed by atoms with E-state index in [1.165, 1.54) is 6.07 Å². The third-order valence-electron chi connectivity index (χ3n) is 8.31. The van der Waals surface area contributed by atoms with Crippen molar-refractivity contribution in [3.63, 3.8) is 0 Å². The molecule has 7 heteroatoms. The monoisotopic (exact) mass is 585 g/mol. The zero-order valence-corrected chi connectivity index (χ0v) is 24.6. The number of carboxylic acid groups (broad SMARTS) is 1. The maximum absolute atomic E-state index is 13.3. The molecule has 1 heterocycles. The van der Waals surface area contributed by atoms with Crippen molar-refractivity contribution in [2.24, 2.45) is 0 Å². The summed E-state index contributed by atoms with van der Waals surface area (Å²) in [6.07, 6.45) is -4.55. The summed E-state index contributed by atoms with van der Waals surface area (Å²) in [7, 11) is 0. The number of hydrogen-bond donors (Lipinski definition) is 1. The van der Waals surface area contributed by atoms with E-state index >= 15 is 0 Å². The van der Waals surface area contributed by atoms with E-state index in [2.05, 4.69) is 30.9 Å². The molecule has 0 aliphatic heterocycles. The second kappa shape index (κ2) is 11.4. The van der Waals surface area contributed by atoms with Crippen molar-refractivity contribution in [1.82, 2.24) is 4.90 Å². The summed E-state index contributed by atoms with van der Waals surface area (Å²) in [5, 5.41) is 11.8. The summed E-state index contributed by atoms with van der Waals surface area (Å²) >= 11 is 0. The maximum atomic E-state index is 13.3. The SMILES string of the molecule is CC(C)(C(=O)O)c1cccc(-c2ccc(CN(Cc3ccc(C(F)(F)F)o3)C(C)(C)c3cccc4ccccc34)cc2)c1. The number of carboxylic acids is 1. The molecule has 5 aromatic rings. The standard InChI is InChI=1S/C36H34F3NO3/c1-34(2,33(41)42)28-12-7-11-27(21-28)25-17-15-24(16-18-25)22-40(23-29-19-20-32(43-29)36(37,38)39)35(3,4)31-14-8-10-26-9-5-6-13-30(26)31/h5-21H,22-23H2,1-4H3,(H,41,42). The predicted octanol–water partition coefficient (Wildman–Crippen LogP) is 9.42. The van der Waals surface area contributed by atoms with Crippen LogP contribution in [0, 0.1) is 0 Å². The van der Waals surface area contributed by atoms with E-state index in [-0.39, 0.29) is 12.3 Å². The van der Waals surface area contributed by atoms with Gasteiger partial charge >= 0.3 is 12.1 Å². The van der Waals surface area contributed by atoms with E-state index in [4.69, 9.17) is 4.42 Å². The smallest absolute Gasteiger partial charge is 0.449 e. The lowest BCUT2D eigenvalue weighted by atomic mass is 9.83. The number of nitrogens with zero attached hydrogens (tertiary/aromatic N) is 1. The third-order valence-corrected chi connectivity index (χ3v) is 8.31. The van der Waals surface area contributed by atoms with Gasteiger partial charge in [-0.15, -0.1) is 0 Å². The Morgan fingerprint density at radius 3 is 2.12 bits per heavy atom. The average Bonchev–Trinajstić information content (AvgIpc) is 3.46. The summed E-state index contributed by atoms with van der Waals surface area (Å²) in [6.45, 7) is 8.13. The second-order valence-corrected chi connectivity index (χ2v) is 11.9. The first kappa shape index (κ1) is 30.1. The molecule has 0 saturated carbocycles. The van der Waals surface area contributed by atoms with E-state index in [0.29, 0.717) is 12.1 Å². The van der Waals surface area contributed by atoms with Crippen LogP contribution in [0.5, 0.6) is 0 Å². The molecule has 43 heavy (non-hydrogen) atoms. The second-order valence-electron chi connectivity index (χ2n) is 11.9. The fourth-order valence-corrected chi connectivity index (χ4v) is 5.42. The molecular formula is C36H34F3NO3. The lowest BCUT2D eigenvalue weighted by Crippen LogP contribution is -2.40. The molecule has 0 amide bonds. The van der Waals surface area contributed by atoms with Gasteiger partial charge < -0.3 is 9.52 Å². The van der Waals surface area contributed by atoms with Gasteiger partial charge in [0.05, 0.1) is 12.0 Å². The first-order valence-electron chi connectivity index (χ1n) is 14.1. The maximum Gasteiger partial charge on any atom is 0.449 e. The minimum atomic E-state index is -4.55. The minimum absolute atomic E-state index is 0.167. The summed E-state index contributed by atoms with van der Waals surface area (Å²) in [5.74, 6) is -1.67. The number of hydrogen-bond acceptors (Lipinski definition) is 3. The van der Waals surface area contributed by atoms with Gasteiger partial charge in [-0.25, -0.2) is 0 Å². The molecule has 0 aliphatic carbocycles. The number of alkyl halides is 3. The topological polar surface area (TPSA) is 53.7 Å². The number of fused-ring (bicyclic) bond motifs is 1. The first-order valence-corrected chi connectivity index (χ1v) is 14.1. The van der Waals surface area contributed by atoms with Crippen LogP contribution in [0.3, 0.4) is 0 Å². The zero-order valence-electron chi connectivity index (χ0n) is 24.6. The van der Waals surface area contributed by atoms with Gasteiger partial charge in [0.1, 0.15) is 5.76 Å². The van der Waals surface area contributed by atoms with Crippen molar-refractivity contribution in [1.29, 1.82) is 0 Å². The number of carbonyl (C=O) groups is 1. The largest absolute Gasteiger partial charge is 0.481 e. The normalized spacial score (nSPS) is 12.7. The summed E-state index contributed by atoms with van der Waals surface area (Å²) in [6, 6.07) is 32.1. The summed E-state index contributed by atoms with van der Waals surface area (Å²) in [5.41, 5.74) is 2.97. The highest BCUT2D eigenvalue weighted by atomic mass is 19.4. The van der Waals surface area contributed by atoms with Gasteiger partial charge in [0.2, 0.25) is 5.76 Å². The first-order chi connectivity index (χ1) is 20.3. The minimum Gasteiger partial charge on any atom is -0.481 e. The third kappa shape index (κ3) is 6.22. The molecule has 0 atom stereocenters. The molecule has 0 fully saturated rings. The average molecular weight is 586 g/mol. The molecular weight excluding hydrogens is 551 g/mol. The Hall–Kier alpha value is -4.36. The Morgan fingerprint density at radius 1 is 0.767 bits per heavy atom. The molecule has 0 unspecified atom stereocenters. The molecule has 1 N–H and O–H groups in total. The highest BCUT2D eigenvalue weighted by Gasteiger charge is 2.36. The Bertz CT molecular complexity index is 1740. The van der Waals surface area contributed by atoms with Crippen LogP contribution in [0.25, 0.3) is 21.9 Å². The van der Waals surface area contributed by atoms with Gasteiger partial charge in [-0.2, -0.15) is 13.2 Å². The van der Waals surface area contributed by atoms with E-state index in [9.17, 15) is 23.1 Å². The molecule has 5 rings (SSSR count). The van der Waals surface area contributed by atoms with Crippen LogP contribution in [0.4, 0.5) is 13.2 Å². The Morgan fingerprint density at radius 2 is 1.44 bits per heavy atom.